The average Bonchev–Trinajstić information content (AvgIpc) is 3.04. The molecule has 3 aromatic rings. The smallest absolute Gasteiger partial charge is 0.427 e. The number of methoxy groups -OCH3 is 1. The maximum Gasteiger partial charge on any atom is 0.427 e. The molecule has 0 saturated heterocycles. The van der Waals surface area contributed by atoms with Crippen LogP contribution in [-0.4, -0.2) is 30.6 Å². The zero-order valence-electron chi connectivity index (χ0n) is 15.5. The van der Waals surface area contributed by atoms with Gasteiger partial charge in [-0.1, -0.05) is 35.9 Å². The molecule has 0 saturated carbocycles. The maximum absolute atomic E-state index is 11.1. The molecular formula is C21H23N3O3. The van der Waals surface area contributed by atoms with Gasteiger partial charge in [0.2, 0.25) is 0 Å². The third-order valence-corrected chi connectivity index (χ3v) is 4.20. The van der Waals surface area contributed by atoms with E-state index in [-0.39, 0.29) is 0 Å². The van der Waals surface area contributed by atoms with E-state index in [0.717, 1.165) is 35.2 Å². The van der Waals surface area contributed by atoms with Crippen LogP contribution >= 0.6 is 0 Å². The third-order valence-electron chi connectivity index (χ3n) is 4.20. The summed E-state index contributed by atoms with van der Waals surface area (Å²) in [5.74, 6) is 0.889. The molecule has 6 heteroatoms. The van der Waals surface area contributed by atoms with Crippen molar-refractivity contribution >= 4 is 23.2 Å². The molecule has 0 aliphatic heterocycles. The predicted molar refractivity (Wildman–Crippen MR) is 106 cm³/mol. The zero-order valence-corrected chi connectivity index (χ0v) is 15.5. The average molecular weight is 365 g/mol. The molecule has 0 unspecified atom stereocenters. The first-order valence-electron chi connectivity index (χ1n) is 8.82. The van der Waals surface area contributed by atoms with Gasteiger partial charge in [0.25, 0.3) is 0 Å². The molecule has 0 radical (unpaired) electrons. The summed E-state index contributed by atoms with van der Waals surface area (Å²) in [4.78, 5) is 11.1. The first-order chi connectivity index (χ1) is 13.2. The van der Waals surface area contributed by atoms with E-state index in [1.807, 2.05) is 48.7 Å². The summed E-state index contributed by atoms with van der Waals surface area (Å²) in [6.07, 6.45) is 3.93. The van der Waals surface area contributed by atoms with E-state index in [2.05, 4.69) is 32.8 Å². The fourth-order valence-electron chi connectivity index (χ4n) is 2.82. The van der Waals surface area contributed by atoms with Gasteiger partial charge in [-0.15, -0.1) is 0 Å². The minimum Gasteiger partial charge on any atom is -0.494 e. The van der Waals surface area contributed by atoms with Gasteiger partial charge in [-0.05, 0) is 31.5 Å². The Balaban J connectivity index is 1.63. The number of aryl methyl sites for hydroxylation is 2. The van der Waals surface area contributed by atoms with Gasteiger partial charge in [0.1, 0.15) is 5.75 Å². The minimum atomic E-state index is -0.594. The largest absolute Gasteiger partial charge is 0.494 e. The Labute approximate surface area is 158 Å². The second kappa shape index (κ2) is 8.89. The van der Waals surface area contributed by atoms with Gasteiger partial charge in [-0.25, -0.2) is 10.2 Å². The number of ether oxygens (including phenoxy) is 2. The molecule has 6 nitrogen and oxygen atoms in total. The SMILES string of the molecule is COC(=O)N/N=C/c1cn(CCCOc2ccc(C)cc2)c2ccccc12. The van der Waals surface area contributed by atoms with Crippen LogP contribution in [0.2, 0.25) is 0 Å². The van der Waals surface area contributed by atoms with Crippen LogP contribution in [0.25, 0.3) is 10.9 Å². The Bertz CT molecular complexity index is 929. The van der Waals surface area contributed by atoms with Crippen LogP contribution in [-0.2, 0) is 11.3 Å². The molecule has 3 rings (SSSR count). The molecule has 27 heavy (non-hydrogen) atoms. The summed E-state index contributed by atoms with van der Waals surface area (Å²) >= 11 is 0. The van der Waals surface area contributed by atoms with Crippen molar-refractivity contribution in [3.8, 4) is 5.75 Å². The van der Waals surface area contributed by atoms with Crippen LogP contribution in [0.5, 0.6) is 5.75 Å². The van der Waals surface area contributed by atoms with Gasteiger partial charge in [0.15, 0.2) is 0 Å². The zero-order chi connectivity index (χ0) is 19.1. The number of carbonyl (C=O) groups is 1. The topological polar surface area (TPSA) is 64.8 Å². The highest BCUT2D eigenvalue weighted by atomic mass is 16.5. The molecule has 1 amide bonds. The van der Waals surface area contributed by atoms with Gasteiger partial charge in [0, 0.05) is 29.2 Å². The number of hydrazone groups is 1. The fourth-order valence-corrected chi connectivity index (χ4v) is 2.82. The Morgan fingerprint density at radius 1 is 1.19 bits per heavy atom. The lowest BCUT2D eigenvalue weighted by atomic mass is 10.2. The van der Waals surface area contributed by atoms with Gasteiger partial charge < -0.3 is 14.0 Å². The molecule has 1 N–H and O–H groups in total. The van der Waals surface area contributed by atoms with Crippen molar-refractivity contribution in [1.29, 1.82) is 0 Å². The monoisotopic (exact) mass is 365 g/mol. The number of benzene rings is 2. The maximum atomic E-state index is 11.1. The quantitative estimate of drug-likeness (QED) is 0.389. The number of rotatable bonds is 7. The standard InChI is InChI=1S/C21H23N3O3/c1-16-8-10-18(11-9-16)27-13-5-12-24-15-17(14-22-23-21(25)26-2)19-6-3-4-7-20(19)24/h3-4,6-11,14-15H,5,12-13H2,1-2H3,(H,23,25)/b22-14+. The van der Waals surface area contributed by atoms with Gasteiger partial charge in [0.05, 0.1) is 19.9 Å². The second-order valence-electron chi connectivity index (χ2n) is 6.17. The minimum absolute atomic E-state index is 0.594. The van der Waals surface area contributed by atoms with Gasteiger partial charge >= 0.3 is 6.09 Å². The van der Waals surface area contributed by atoms with Crippen molar-refractivity contribution in [1.82, 2.24) is 9.99 Å². The highest BCUT2D eigenvalue weighted by Gasteiger charge is 2.07. The fraction of sp³-hybridized carbons (Fsp3) is 0.238. The lowest BCUT2D eigenvalue weighted by Crippen LogP contribution is -2.16. The van der Waals surface area contributed by atoms with Crippen molar-refractivity contribution in [2.45, 2.75) is 19.9 Å². The number of hydrogen-bond acceptors (Lipinski definition) is 4. The van der Waals surface area contributed by atoms with Crippen molar-refractivity contribution < 1.29 is 14.3 Å². The number of aromatic nitrogens is 1. The Hall–Kier alpha value is -3.28. The predicted octanol–water partition coefficient (Wildman–Crippen LogP) is 4.11. The number of hydrogen-bond donors (Lipinski definition) is 1. The molecule has 0 fully saturated rings. The molecule has 140 valence electrons. The Morgan fingerprint density at radius 2 is 1.96 bits per heavy atom. The molecule has 1 heterocycles. The summed E-state index contributed by atoms with van der Waals surface area (Å²) < 4.78 is 12.5. The number of carbonyl (C=O) groups excluding carboxylic acids is 1. The molecule has 0 aliphatic rings. The first-order valence-corrected chi connectivity index (χ1v) is 8.82. The van der Waals surface area contributed by atoms with Crippen LogP contribution in [0.4, 0.5) is 4.79 Å². The molecule has 2 aromatic carbocycles. The summed E-state index contributed by atoms with van der Waals surface area (Å²) in [5.41, 5.74) is 5.58. The summed E-state index contributed by atoms with van der Waals surface area (Å²) in [5, 5.41) is 5.01. The van der Waals surface area contributed by atoms with E-state index in [1.165, 1.54) is 12.7 Å². The highest BCUT2D eigenvalue weighted by molar-refractivity contribution is 5.99. The van der Waals surface area contributed by atoms with E-state index in [1.54, 1.807) is 6.21 Å². The Kier molecular flexibility index (Phi) is 6.10. The second-order valence-corrected chi connectivity index (χ2v) is 6.17. The van der Waals surface area contributed by atoms with E-state index >= 15 is 0 Å². The number of nitrogens with zero attached hydrogens (tertiary/aromatic N) is 2. The van der Waals surface area contributed by atoms with Crippen molar-refractivity contribution in [2.75, 3.05) is 13.7 Å². The van der Waals surface area contributed by atoms with Crippen LogP contribution in [0.15, 0.2) is 59.8 Å². The molecule has 0 atom stereocenters. The molecule has 0 bridgehead atoms. The summed E-state index contributed by atoms with van der Waals surface area (Å²) in [7, 11) is 1.30. The van der Waals surface area contributed by atoms with Crippen molar-refractivity contribution in [3.05, 3.63) is 65.9 Å². The highest BCUT2D eigenvalue weighted by Crippen LogP contribution is 2.20. The number of fused-ring (bicyclic) bond motifs is 1. The van der Waals surface area contributed by atoms with Crippen molar-refractivity contribution in [3.63, 3.8) is 0 Å². The summed E-state index contributed by atoms with van der Waals surface area (Å²) in [6, 6.07) is 16.2. The summed E-state index contributed by atoms with van der Waals surface area (Å²) in [6.45, 7) is 3.52. The number of nitrogens with one attached hydrogen (secondary N) is 1. The molecule has 0 spiro atoms. The van der Waals surface area contributed by atoms with Crippen LogP contribution in [0.3, 0.4) is 0 Å². The normalized spacial score (nSPS) is 11.0. The lowest BCUT2D eigenvalue weighted by molar-refractivity contribution is 0.171. The van der Waals surface area contributed by atoms with Crippen LogP contribution < -0.4 is 10.2 Å². The van der Waals surface area contributed by atoms with Crippen LogP contribution in [0.1, 0.15) is 17.5 Å². The third kappa shape index (κ3) is 4.88. The van der Waals surface area contributed by atoms with Gasteiger partial charge in [-0.2, -0.15) is 5.10 Å². The van der Waals surface area contributed by atoms with Gasteiger partial charge in [-0.3, -0.25) is 0 Å². The first kappa shape index (κ1) is 18.5. The Morgan fingerprint density at radius 3 is 2.74 bits per heavy atom. The number of amides is 1. The molecule has 0 aliphatic carbocycles. The van der Waals surface area contributed by atoms with E-state index < -0.39 is 6.09 Å². The van der Waals surface area contributed by atoms with E-state index in [9.17, 15) is 4.79 Å². The number of para-hydroxylation sites is 1. The molecule has 1 aromatic heterocycles. The molecular weight excluding hydrogens is 342 g/mol. The van der Waals surface area contributed by atoms with E-state index in [4.69, 9.17) is 4.74 Å². The van der Waals surface area contributed by atoms with Crippen molar-refractivity contribution in [2.24, 2.45) is 5.10 Å². The van der Waals surface area contributed by atoms with Crippen LogP contribution in [0, 0.1) is 6.92 Å². The lowest BCUT2D eigenvalue weighted by Gasteiger charge is -2.08. The van der Waals surface area contributed by atoms with E-state index in [0.29, 0.717) is 6.61 Å².